The van der Waals surface area contributed by atoms with Crippen molar-refractivity contribution in [2.45, 2.75) is 0 Å². The van der Waals surface area contributed by atoms with Crippen molar-refractivity contribution in [2.24, 2.45) is 0 Å². The van der Waals surface area contributed by atoms with Gasteiger partial charge < -0.3 is 20.1 Å². The molecule has 2 N–H and O–H groups in total. The van der Waals surface area contributed by atoms with Crippen LogP contribution in [-0.2, 0) is 0 Å². The van der Waals surface area contributed by atoms with Gasteiger partial charge in [-0.2, -0.15) is 0 Å². The number of rotatable bonds is 4. The predicted octanol–water partition coefficient (Wildman–Crippen LogP) is 5.58. The minimum absolute atomic E-state index is 0.355. The minimum atomic E-state index is 0.355. The van der Waals surface area contributed by atoms with Crippen molar-refractivity contribution in [3.05, 3.63) is 44.8 Å². The van der Waals surface area contributed by atoms with Gasteiger partial charge in [0.1, 0.15) is 11.5 Å². The summed E-state index contributed by atoms with van der Waals surface area (Å²) in [6.07, 6.45) is 0. The molecule has 0 radical (unpaired) electrons. The van der Waals surface area contributed by atoms with Crippen LogP contribution in [0, 0.1) is 0 Å². The lowest BCUT2D eigenvalue weighted by Crippen LogP contribution is -2.19. The van der Waals surface area contributed by atoms with Crippen LogP contribution in [0.2, 0.25) is 10.0 Å². The number of hydrogen-bond acceptors (Lipinski definition) is 3. The van der Waals surface area contributed by atoms with Gasteiger partial charge in [0.2, 0.25) is 0 Å². The molecule has 0 aliphatic rings. The van der Waals surface area contributed by atoms with E-state index < -0.39 is 0 Å². The highest BCUT2D eigenvalue weighted by molar-refractivity contribution is 9.10. The molecule has 0 saturated carbocycles. The van der Waals surface area contributed by atoms with Crippen LogP contribution >= 0.6 is 51.3 Å². The van der Waals surface area contributed by atoms with E-state index in [1.165, 1.54) is 7.11 Å². The first-order valence-electron chi connectivity index (χ1n) is 6.39. The Balaban J connectivity index is 2.18. The zero-order chi connectivity index (χ0) is 17.0. The van der Waals surface area contributed by atoms with Crippen LogP contribution in [0.5, 0.6) is 11.5 Å². The second kappa shape index (κ2) is 8.06. The average Bonchev–Trinajstić information content (AvgIpc) is 2.50. The monoisotopic (exact) mass is 434 g/mol. The maximum atomic E-state index is 6.16. The van der Waals surface area contributed by atoms with Gasteiger partial charge in [-0.15, -0.1) is 0 Å². The highest BCUT2D eigenvalue weighted by Gasteiger charge is 2.12. The normalized spacial score (nSPS) is 10.1. The SMILES string of the molecule is COc1cc(OC)c(NC(=S)Nc2ccc(Br)cc2Cl)cc1Cl. The van der Waals surface area contributed by atoms with Gasteiger partial charge in [-0.05, 0) is 36.5 Å². The zero-order valence-corrected chi connectivity index (χ0v) is 16.2. The van der Waals surface area contributed by atoms with Gasteiger partial charge in [-0.3, -0.25) is 0 Å². The Morgan fingerprint density at radius 2 is 1.61 bits per heavy atom. The molecule has 0 heterocycles. The molecule has 0 aliphatic heterocycles. The summed E-state index contributed by atoms with van der Waals surface area (Å²) in [7, 11) is 3.09. The predicted molar refractivity (Wildman–Crippen MR) is 104 cm³/mol. The van der Waals surface area contributed by atoms with Gasteiger partial charge in [0.15, 0.2) is 5.11 Å². The van der Waals surface area contributed by atoms with Gasteiger partial charge >= 0.3 is 0 Å². The fourth-order valence-electron chi connectivity index (χ4n) is 1.82. The second-order valence-corrected chi connectivity index (χ2v) is 6.53. The van der Waals surface area contributed by atoms with Crippen LogP contribution in [-0.4, -0.2) is 19.3 Å². The molecule has 0 atom stereocenters. The largest absolute Gasteiger partial charge is 0.495 e. The van der Waals surface area contributed by atoms with E-state index in [9.17, 15) is 0 Å². The molecule has 0 amide bonds. The van der Waals surface area contributed by atoms with Gasteiger partial charge in [-0.25, -0.2) is 0 Å². The number of anilines is 2. The van der Waals surface area contributed by atoms with E-state index in [-0.39, 0.29) is 0 Å². The summed E-state index contributed by atoms with van der Waals surface area (Å²) < 4.78 is 11.4. The van der Waals surface area contributed by atoms with Gasteiger partial charge in [0.05, 0.1) is 35.6 Å². The molecule has 8 heteroatoms. The van der Waals surface area contributed by atoms with E-state index in [0.717, 1.165) is 4.47 Å². The van der Waals surface area contributed by atoms with Crippen LogP contribution in [0.25, 0.3) is 0 Å². The minimum Gasteiger partial charge on any atom is -0.495 e. The molecule has 23 heavy (non-hydrogen) atoms. The first-order valence-corrected chi connectivity index (χ1v) is 8.35. The molecule has 0 unspecified atom stereocenters. The second-order valence-electron chi connectivity index (χ2n) is 4.39. The number of methoxy groups -OCH3 is 2. The van der Waals surface area contributed by atoms with Gasteiger partial charge in [0.25, 0.3) is 0 Å². The van der Waals surface area contributed by atoms with Crippen molar-refractivity contribution >= 4 is 67.8 Å². The molecule has 0 aliphatic carbocycles. The summed E-state index contributed by atoms with van der Waals surface area (Å²) in [5, 5.41) is 7.40. The number of hydrogen-bond donors (Lipinski definition) is 2. The van der Waals surface area contributed by atoms with Gasteiger partial charge in [-0.1, -0.05) is 39.1 Å². The molecular formula is C15H13BrCl2N2O2S. The fraction of sp³-hybridized carbons (Fsp3) is 0.133. The van der Waals surface area contributed by atoms with Crippen LogP contribution in [0.4, 0.5) is 11.4 Å². The lowest BCUT2D eigenvalue weighted by Gasteiger charge is -2.16. The first kappa shape index (κ1) is 18.1. The molecule has 4 nitrogen and oxygen atoms in total. The molecular weight excluding hydrogens is 423 g/mol. The van der Waals surface area contributed by atoms with E-state index in [4.69, 9.17) is 44.9 Å². The van der Waals surface area contributed by atoms with E-state index in [0.29, 0.717) is 38.0 Å². The summed E-state index contributed by atoms with van der Waals surface area (Å²) >= 11 is 20.9. The number of nitrogens with one attached hydrogen (secondary N) is 2. The maximum Gasteiger partial charge on any atom is 0.175 e. The van der Waals surface area contributed by atoms with Crippen LogP contribution in [0.15, 0.2) is 34.8 Å². The summed E-state index contributed by atoms with van der Waals surface area (Å²) in [5.41, 5.74) is 1.30. The summed E-state index contributed by atoms with van der Waals surface area (Å²) in [6, 6.07) is 8.81. The molecule has 2 aromatic carbocycles. The summed E-state index contributed by atoms with van der Waals surface area (Å²) in [4.78, 5) is 0. The van der Waals surface area contributed by atoms with Crippen molar-refractivity contribution in [1.82, 2.24) is 0 Å². The van der Waals surface area contributed by atoms with Crippen molar-refractivity contribution in [1.29, 1.82) is 0 Å². The lowest BCUT2D eigenvalue weighted by molar-refractivity contribution is 0.396. The Kier molecular flexibility index (Phi) is 6.35. The highest BCUT2D eigenvalue weighted by Crippen LogP contribution is 2.36. The molecule has 0 aromatic heterocycles. The smallest absolute Gasteiger partial charge is 0.175 e. The van der Waals surface area contributed by atoms with E-state index in [2.05, 4.69) is 26.6 Å². The molecule has 0 bridgehead atoms. The molecule has 122 valence electrons. The van der Waals surface area contributed by atoms with Crippen LogP contribution in [0.3, 0.4) is 0 Å². The fourth-order valence-corrected chi connectivity index (χ4v) is 3.01. The Hall–Kier alpha value is -1.21. The topological polar surface area (TPSA) is 42.5 Å². The van der Waals surface area contributed by atoms with Crippen molar-refractivity contribution < 1.29 is 9.47 Å². The van der Waals surface area contributed by atoms with E-state index >= 15 is 0 Å². The molecule has 0 fully saturated rings. The Morgan fingerprint density at radius 3 is 2.22 bits per heavy atom. The molecule has 0 saturated heterocycles. The Morgan fingerprint density at radius 1 is 0.957 bits per heavy atom. The third-order valence-corrected chi connectivity index (χ3v) is 4.21. The van der Waals surface area contributed by atoms with Crippen molar-refractivity contribution in [3.8, 4) is 11.5 Å². The number of benzene rings is 2. The third-order valence-electron chi connectivity index (χ3n) is 2.90. The maximum absolute atomic E-state index is 6.16. The molecule has 0 spiro atoms. The Bertz CT molecular complexity index is 744. The number of halogens is 3. The van der Waals surface area contributed by atoms with Gasteiger partial charge in [0, 0.05) is 10.5 Å². The standard InChI is InChI=1S/C15H13BrCl2N2O2S/c1-21-13-7-14(22-2)12(6-10(13)18)20-15(23)19-11-4-3-8(16)5-9(11)17/h3-7H,1-2H3,(H2,19,20,23). The number of ether oxygens (including phenoxy) is 2. The van der Waals surface area contributed by atoms with Crippen molar-refractivity contribution in [3.63, 3.8) is 0 Å². The molecule has 2 rings (SSSR count). The van der Waals surface area contributed by atoms with Crippen molar-refractivity contribution in [2.75, 3.05) is 24.9 Å². The first-order chi connectivity index (χ1) is 10.9. The van der Waals surface area contributed by atoms with Crippen LogP contribution < -0.4 is 20.1 Å². The third kappa shape index (κ3) is 4.64. The van der Waals surface area contributed by atoms with E-state index in [1.54, 1.807) is 25.3 Å². The summed E-state index contributed by atoms with van der Waals surface area (Å²) in [5.74, 6) is 1.07. The summed E-state index contributed by atoms with van der Waals surface area (Å²) in [6.45, 7) is 0. The average molecular weight is 436 g/mol. The quantitative estimate of drug-likeness (QED) is 0.613. The molecule has 2 aromatic rings. The Labute approximate surface area is 158 Å². The lowest BCUT2D eigenvalue weighted by atomic mass is 10.2. The number of thiocarbonyl (C=S) groups is 1. The van der Waals surface area contributed by atoms with Crippen LogP contribution in [0.1, 0.15) is 0 Å². The zero-order valence-electron chi connectivity index (χ0n) is 12.2. The highest BCUT2D eigenvalue weighted by atomic mass is 79.9. The van der Waals surface area contributed by atoms with E-state index in [1.807, 2.05) is 12.1 Å².